The average molecular weight is 480 g/mol. The fraction of sp³-hybridized carbons (Fsp3) is 0.407. The number of hydrogen-bond donors (Lipinski definition) is 1. The molecule has 35 heavy (non-hydrogen) atoms. The summed E-state index contributed by atoms with van der Waals surface area (Å²) in [5, 5.41) is 3.53. The number of aryl methyl sites for hydroxylation is 1. The predicted octanol–water partition coefficient (Wildman–Crippen LogP) is 3.67. The number of ether oxygens (including phenoxy) is 2. The van der Waals surface area contributed by atoms with Gasteiger partial charge in [0.15, 0.2) is 11.2 Å². The van der Waals surface area contributed by atoms with E-state index < -0.39 is 29.6 Å². The summed E-state index contributed by atoms with van der Waals surface area (Å²) in [4.78, 5) is 53.2. The van der Waals surface area contributed by atoms with Crippen LogP contribution in [-0.4, -0.2) is 31.4 Å². The van der Waals surface area contributed by atoms with Crippen LogP contribution >= 0.6 is 0 Å². The van der Waals surface area contributed by atoms with Crippen molar-refractivity contribution in [3.05, 3.63) is 68.4 Å². The summed E-state index contributed by atoms with van der Waals surface area (Å²) < 4.78 is 16.1. The predicted molar refractivity (Wildman–Crippen MR) is 128 cm³/mol. The van der Waals surface area contributed by atoms with Gasteiger partial charge in [0.25, 0.3) is 0 Å². The number of esters is 2. The topological polar surface area (TPSA) is 112 Å². The molecule has 8 heteroatoms. The van der Waals surface area contributed by atoms with E-state index >= 15 is 0 Å². The monoisotopic (exact) mass is 479 g/mol. The number of fused-ring (bicyclic) bond motifs is 1. The highest BCUT2D eigenvalue weighted by Gasteiger charge is 2.48. The third kappa shape index (κ3) is 4.17. The van der Waals surface area contributed by atoms with Crippen LogP contribution in [0.2, 0.25) is 0 Å². The quantitative estimate of drug-likeness (QED) is 0.511. The third-order valence-corrected chi connectivity index (χ3v) is 6.67. The molecular formula is C27H29NO7. The molecule has 8 nitrogen and oxygen atoms in total. The van der Waals surface area contributed by atoms with Crippen LogP contribution in [0.4, 0.5) is 0 Å². The molecule has 4 rings (SSSR count). The molecule has 1 N–H and O–H groups in total. The van der Waals surface area contributed by atoms with Gasteiger partial charge in [0.1, 0.15) is 11.5 Å². The Bertz CT molecular complexity index is 1350. The lowest BCUT2D eigenvalue weighted by molar-refractivity contribution is -0.151. The van der Waals surface area contributed by atoms with E-state index in [0.29, 0.717) is 35.2 Å². The Morgan fingerprint density at radius 3 is 2.63 bits per heavy atom. The van der Waals surface area contributed by atoms with Gasteiger partial charge in [-0.2, -0.15) is 0 Å². The maximum atomic E-state index is 13.8. The molecule has 0 bridgehead atoms. The summed E-state index contributed by atoms with van der Waals surface area (Å²) in [5.74, 6) is -4.14. The Kier molecular flexibility index (Phi) is 6.65. The Hall–Kier alpha value is -3.68. The first-order valence-electron chi connectivity index (χ1n) is 11.7. The molecule has 1 aliphatic carbocycles. The molecule has 184 valence electrons. The molecular weight excluding hydrogens is 450 g/mol. The fourth-order valence-electron chi connectivity index (χ4n) is 4.99. The first-order chi connectivity index (χ1) is 16.7. The van der Waals surface area contributed by atoms with E-state index in [1.54, 1.807) is 26.0 Å². The Balaban J connectivity index is 1.97. The van der Waals surface area contributed by atoms with Crippen LogP contribution in [0.5, 0.6) is 0 Å². The summed E-state index contributed by atoms with van der Waals surface area (Å²) in [6.07, 6.45) is 2.30. The lowest BCUT2D eigenvalue weighted by atomic mass is 9.69. The van der Waals surface area contributed by atoms with Crippen LogP contribution in [-0.2, 0) is 23.9 Å². The number of carbonyl (C=O) groups is 3. The Morgan fingerprint density at radius 1 is 1.20 bits per heavy atom. The lowest BCUT2D eigenvalue weighted by Gasteiger charge is -2.37. The number of carbonyl (C=O) groups excluding carboxylic acids is 3. The van der Waals surface area contributed by atoms with Gasteiger partial charge in [0, 0.05) is 22.5 Å². The van der Waals surface area contributed by atoms with E-state index in [4.69, 9.17) is 13.9 Å². The van der Waals surface area contributed by atoms with E-state index in [-0.39, 0.29) is 34.7 Å². The molecule has 0 unspecified atom stereocenters. The molecule has 1 aliphatic heterocycles. The number of rotatable bonds is 5. The van der Waals surface area contributed by atoms with Gasteiger partial charge < -0.3 is 19.2 Å². The first-order valence-corrected chi connectivity index (χ1v) is 11.7. The minimum absolute atomic E-state index is 0.145. The van der Waals surface area contributed by atoms with Crippen molar-refractivity contribution in [3.63, 3.8) is 0 Å². The lowest BCUT2D eigenvalue weighted by Crippen LogP contribution is -2.44. The van der Waals surface area contributed by atoms with Gasteiger partial charge in [-0.15, -0.1) is 0 Å². The summed E-state index contributed by atoms with van der Waals surface area (Å²) in [5.41, 5.74) is 2.51. The van der Waals surface area contributed by atoms with Gasteiger partial charge in [0.2, 0.25) is 0 Å². The molecule has 0 amide bonds. The van der Waals surface area contributed by atoms with E-state index in [0.717, 1.165) is 5.56 Å². The fourth-order valence-corrected chi connectivity index (χ4v) is 4.99. The summed E-state index contributed by atoms with van der Waals surface area (Å²) in [6, 6.07) is 5.26. The highest BCUT2D eigenvalue weighted by Crippen LogP contribution is 2.45. The second kappa shape index (κ2) is 9.52. The highest BCUT2D eigenvalue weighted by molar-refractivity contribution is 6.12. The molecule has 1 aromatic carbocycles. The number of Topliss-reactive ketones (excluding diaryl/α,β-unsaturated/α-hetero) is 1. The Labute approximate surface area is 203 Å². The normalized spacial score (nSPS) is 22.1. The SMILES string of the molecule is CCCOC(=O)C1=C(C)NC2=C(C(=O)[C@H](C(=O)OC)[C@H](C)C2)[C@@H]1c1coc2ccc(C)cc2c1=O. The molecule has 0 saturated heterocycles. The van der Waals surface area contributed by atoms with Crippen molar-refractivity contribution in [2.24, 2.45) is 11.8 Å². The Morgan fingerprint density at radius 2 is 1.94 bits per heavy atom. The summed E-state index contributed by atoms with van der Waals surface area (Å²) in [7, 11) is 1.24. The van der Waals surface area contributed by atoms with Gasteiger partial charge >= 0.3 is 11.9 Å². The average Bonchev–Trinajstić information content (AvgIpc) is 2.82. The number of ketones is 1. The van der Waals surface area contributed by atoms with Crippen LogP contribution < -0.4 is 10.7 Å². The minimum atomic E-state index is -1.04. The zero-order valence-electron chi connectivity index (χ0n) is 20.5. The summed E-state index contributed by atoms with van der Waals surface area (Å²) >= 11 is 0. The molecule has 2 heterocycles. The molecule has 0 radical (unpaired) electrons. The van der Waals surface area contributed by atoms with E-state index in [2.05, 4.69) is 5.32 Å². The molecule has 3 atom stereocenters. The number of allylic oxidation sites excluding steroid dienone is 3. The zero-order valence-corrected chi connectivity index (χ0v) is 20.5. The van der Waals surface area contributed by atoms with Crippen molar-refractivity contribution < 1.29 is 28.3 Å². The van der Waals surface area contributed by atoms with Crippen molar-refractivity contribution in [2.45, 2.75) is 46.5 Å². The molecule has 0 spiro atoms. The number of nitrogens with one attached hydrogen (secondary N) is 1. The van der Waals surface area contributed by atoms with Gasteiger partial charge in [-0.05, 0) is 44.7 Å². The largest absolute Gasteiger partial charge is 0.468 e. The summed E-state index contributed by atoms with van der Waals surface area (Å²) in [6.45, 7) is 7.45. The minimum Gasteiger partial charge on any atom is -0.468 e. The van der Waals surface area contributed by atoms with Crippen LogP contribution in [0, 0.1) is 18.8 Å². The van der Waals surface area contributed by atoms with Crippen LogP contribution in [0.25, 0.3) is 11.0 Å². The van der Waals surface area contributed by atoms with Crippen LogP contribution in [0.1, 0.15) is 50.7 Å². The standard InChI is InChI=1S/C27H29NO7/c1-6-9-34-27(32)21-15(4)28-18-11-14(3)20(26(31)33-5)25(30)23(18)22(21)17-12-35-19-8-7-13(2)10-16(19)24(17)29/h7-8,10,12,14,20,22,28H,6,9,11H2,1-5H3/t14-,20-,22-/m1/s1. The maximum Gasteiger partial charge on any atom is 0.336 e. The van der Waals surface area contributed by atoms with E-state index in [1.165, 1.54) is 13.4 Å². The van der Waals surface area contributed by atoms with Gasteiger partial charge in [0.05, 0.1) is 36.9 Å². The highest BCUT2D eigenvalue weighted by atomic mass is 16.5. The van der Waals surface area contributed by atoms with Crippen molar-refractivity contribution >= 4 is 28.7 Å². The third-order valence-electron chi connectivity index (χ3n) is 6.67. The first kappa shape index (κ1) is 24.4. The van der Waals surface area contributed by atoms with Gasteiger partial charge in [-0.25, -0.2) is 4.79 Å². The van der Waals surface area contributed by atoms with Crippen molar-refractivity contribution in [1.29, 1.82) is 0 Å². The second-order valence-corrected chi connectivity index (χ2v) is 9.19. The van der Waals surface area contributed by atoms with E-state index in [9.17, 15) is 19.2 Å². The molecule has 0 saturated carbocycles. The molecule has 1 aromatic heterocycles. The van der Waals surface area contributed by atoms with E-state index in [1.807, 2.05) is 19.9 Å². The van der Waals surface area contributed by atoms with Crippen molar-refractivity contribution in [2.75, 3.05) is 13.7 Å². The second-order valence-electron chi connectivity index (χ2n) is 9.19. The molecule has 2 aliphatic rings. The van der Waals surface area contributed by atoms with Gasteiger partial charge in [-0.1, -0.05) is 25.5 Å². The maximum absolute atomic E-state index is 13.8. The smallest absolute Gasteiger partial charge is 0.336 e. The number of benzene rings is 1. The zero-order chi connectivity index (χ0) is 25.4. The number of hydrogen-bond acceptors (Lipinski definition) is 8. The number of methoxy groups -OCH3 is 1. The molecule has 2 aromatic rings. The van der Waals surface area contributed by atoms with Crippen LogP contribution in [0.15, 0.2) is 56.2 Å². The van der Waals surface area contributed by atoms with Crippen molar-refractivity contribution in [1.82, 2.24) is 5.32 Å². The van der Waals surface area contributed by atoms with Crippen molar-refractivity contribution in [3.8, 4) is 0 Å². The number of dihydropyridines is 1. The molecule has 0 fully saturated rings. The van der Waals surface area contributed by atoms with Crippen LogP contribution in [0.3, 0.4) is 0 Å². The van der Waals surface area contributed by atoms with Gasteiger partial charge in [-0.3, -0.25) is 14.4 Å².